The van der Waals surface area contributed by atoms with E-state index >= 15 is 0 Å². The summed E-state index contributed by atoms with van der Waals surface area (Å²) in [6, 6.07) is 18.0. The zero-order chi connectivity index (χ0) is 24.1. The molecule has 2 heterocycles. The van der Waals surface area contributed by atoms with Gasteiger partial charge in [-0.1, -0.05) is 36.8 Å². The molecule has 0 radical (unpaired) electrons. The van der Waals surface area contributed by atoms with Crippen molar-refractivity contribution in [2.24, 2.45) is 0 Å². The maximum absolute atomic E-state index is 12.9. The van der Waals surface area contributed by atoms with Gasteiger partial charge in [0.25, 0.3) is 5.91 Å². The first-order valence-corrected chi connectivity index (χ1v) is 12.7. The Morgan fingerprint density at radius 2 is 1.59 bits per heavy atom. The van der Waals surface area contributed by atoms with E-state index in [0.29, 0.717) is 12.1 Å². The third-order valence-corrected chi connectivity index (χ3v) is 7.50. The summed E-state index contributed by atoms with van der Waals surface area (Å²) in [6.07, 6.45) is 5.75. The molecule has 182 valence electrons. The van der Waals surface area contributed by atoms with Crippen LogP contribution >= 0.6 is 0 Å². The van der Waals surface area contributed by atoms with Gasteiger partial charge in [-0.05, 0) is 62.1 Å². The number of rotatable bonds is 9. The number of benzene rings is 2. The fourth-order valence-corrected chi connectivity index (χ4v) is 5.80. The van der Waals surface area contributed by atoms with Gasteiger partial charge >= 0.3 is 0 Å². The van der Waals surface area contributed by atoms with Gasteiger partial charge in [-0.3, -0.25) is 14.6 Å². The molecule has 34 heavy (non-hydrogen) atoms. The SMILES string of the molecule is C=CCN1CC2CCCC(C1)N2C(c1ccc(OC)cc1)c1ccc(C(=O)N(CC)CC)cc1. The molecule has 0 aliphatic carbocycles. The van der Waals surface area contributed by atoms with Gasteiger partial charge in [-0.25, -0.2) is 0 Å². The summed E-state index contributed by atoms with van der Waals surface area (Å²) in [4.78, 5) is 20.1. The van der Waals surface area contributed by atoms with Gasteiger partial charge in [0.05, 0.1) is 13.2 Å². The lowest BCUT2D eigenvalue weighted by atomic mass is 9.85. The fourth-order valence-electron chi connectivity index (χ4n) is 5.80. The lowest BCUT2D eigenvalue weighted by Crippen LogP contribution is -2.61. The van der Waals surface area contributed by atoms with Crippen molar-refractivity contribution in [2.75, 3.05) is 39.8 Å². The van der Waals surface area contributed by atoms with Crippen molar-refractivity contribution in [1.82, 2.24) is 14.7 Å². The van der Waals surface area contributed by atoms with Crippen LogP contribution < -0.4 is 4.74 Å². The van der Waals surface area contributed by atoms with Crippen LogP contribution in [-0.2, 0) is 0 Å². The molecule has 2 bridgehead atoms. The van der Waals surface area contributed by atoms with Crippen LogP contribution in [0.1, 0.15) is 60.6 Å². The van der Waals surface area contributed by atoms with E-state index in [2.05, 4.69) is 52.8 Å². The molecule has 3 atom stereocenters. The van der Waals surface area contributed by atoms with Crippen LogP contribution in [0.2, 0.25) is 0 Å². The Hall–Kier alpha value is -2.63. The minimum absolute atomic E-state index is 0.104. The van der Waals surface area contributed by atoms with Crippen LogP contribution in [0.3, 0.4) is 0 Å². The van der Waals surface area contributed by atoms with E-state index in [0.717, 1.165) is 44.0 Å². The highest BCUT2D eigenvalue weighted by molar-refractivity contribution is 5.94. The molecule has 5 heteroatoms. The number of piperidine rings is 1. The van der Waals surface area contributed by atoms with E-state index in [9.17, 15) is 4.79 Å². The third kappa shape index (κ3) is 5.06. The molecular formula is C29H39N3O2. The Morgan fingerprint density at radius 1 is 1.03 bits per heavy atom. The normalized spacial score (nSPS) is 21.6. The predicted molar refractivity (Wildman–Crippen MR) is 138 cm³/mol. The molecular weight excluding hydrogens is 422 g/mol. The number of hydrogen-bond acceptors (Lipinski definition) is 4. The van der Waals surface area contributed by atoms with Gasteiger partial charge in [0, 0.05) is 50.4 Å². The van der Waals surface area contributed by atoms with Crippen molar-refractivity contribution in [1.29, 1.82) is 0 Å². The summed E-state index contributed by atoms with van der Waals surface area (Å²) in [5, 5.41) is 0. The number of methoxy groups -OCH3 is 1. The van der Waals surface area contributed by atoms with Gasteiger partial charge in [0.15, 0.2) is 0 Å². The predicted octanol–water partition coefficient (Wildman–Crippen LogP) is 4.99. The molecule has 0 saturated carbocycles. The van der Waals surface area contributed by atoms with E-state index in [1.54, 1.807) is 7.11 Å². The number of ether oxygens (including phenoxy) is 1. The number of nitrogens with zero attached hydrogens (tertiary/aromatic N) is 3. The van der Waals surface area contributed by atoms with Crippen molar-refractivity contribution in [3.8, 4) is 5.75 Å². The molecule has 3 unspecified atom stereocenters. The number of carbonyl (C=O) groups is 1. The topological polar surface area (TPSA) is 36.0 Å². The molecule has 1 amide bonds. The Balaban J connectivity index is 1.69. The third-order valence-electron chi connectivity index (χ3n) is 7.50. The van der Waals surface area contributed by atoms with Crippen molar-refractivity contribution in [3.05, 3.63) is 77.9 Å². The summed E-state index contributed by atoms with van der Waals surface area (Å²) in [7, 11) is 1.71. The highest BCUT2D eigenvalue weighted by atomic mass is 16.5. The quantitative estimate of drug-likeness (QED) is 0.493. The lowest BCUT2D eigenvalue weighted by molar-refractivity contribution is -0.0250. The van der Waals surface area contributed by atoms with Crippen LogP contribution in [0.25, 0.3) is 0 Å². The number of likely N-dealkylation sites (tertiary alicyclic amines) is 1. The van der Waals surface area contributed by atoms with E-state index in [-0.39, 0.29) is 11.9 Å². The van der Waals surface area contributed by atoms with Crippen LogP contribution in [0, 0.1) is 0 Å². The van der Waals surface area contributed by atoms with Crippen molar-refractivity contribution < 1.29 is 9.53 Å². The minimum Gasteiger partial charge on any atom is -0.497 e. The molecule has 0 spiro atoms. The van der Waals surface area contributed by atoms with Crippen molar-refractivity contribution >= 4 is 5.91 Å². The summed E-state index contributed by atoms with van der Waals surface area (Å²) in [5.41, 5.74) is 3.28. The minimum atomic E-state index is 0.104. The highest BCUT2D eigenvalue weighted by Gasteiger charge is 2.41. The summed E-state index contributed by atoms with van der Waals surface area (Å²) >= 11 is 0. The van der Waals surface area contributed by atoms with E-state index in [4.69, 9.17) is 4.74 Å². The van der Waals surface area contributed by atoms with Crippen LogP contribution in [-0.4, -0.2) is 72.5 Å². The molecule has 2 aromatic rings. The smallest absolute Gasteiger partial charge is 0.253 e. The Bertz CT molecular complexity index is 938. The summed E-state index contributed by atoms with van der Waals surface area (Å²) in [6.45, 7) is 12.6. The fraction of sp³-hybridized carbons (Fsp3) is 0.483. The molecule has 2 aromatic carbocycles. The van der Waals surface area contributed by atoms with Gasteiger partial charge < -0.3 is 9.64 Å². The molecule has 0 N–H and O–H groups in total. The molecule has 4 rings (SSSR count). The Morgan fingerprint density at radius 3 is 2.09 bits per heavy atom. The number of carbonyl (C=O) groups excluding carboxylic acids is 1. The molecule has 2 fully saturated rings. The van der Waals surface area contributed by atoms with Gasteiger partial charge in [0.2, 0.25) is 0 Å². The second-order valence-electron chi connectivity index (χ2n) is 9.47. The second-order valence-corrected chi connectivity index (χ2v) is 9.47. The molecule has 2 saturated heterocycles. The van der Waals surface area contributed by atoms with Crippen LogP contribution in [0.4, 0.5) is 0 Å². The first kappa shape index (κ1) is 24.5. The number of hydrogen-bond donors (Lipinski definition) is 0. The first-order valence-electron chi connectivity index (χ1n) is 12.7. The standard InChI is InChI=1S/C29H39N3O2/c1-5-19-30-20-25-9-8-10-26(21-30)32(25)28(23-15-17-27(34-4)18-16-23)22-11-13-24(14-12-22)29(33)31(6-2)7-3/h5,11-18,25-26,28H,1,6-10,19-21H2,2-4H3. The Kier molecular flexibility index (Phi) is 8.07. The van der Waals surface area contributed by atoms with Gasteiger partial charge in [-0.2, -0.15) is 0 Å². The zero-order valence-corrected chi connectivity index (χ0v) is 21.0. The number of piperazine rings is 1. The molecule has 2 aliphatic rings. The molecule has 2 aliphatic heterocycles. The number of fused-ring (bicyclic) bond motifs is 2. The maximum Gasteiger partial charge on any atom is 0.253 e. The van der Waals surface area contributed by atoms with Crippen molar-refractivity contribution in [2.45, 2.75) is 51.2 Å². The second kappa shape index (κ2) is 11.2. The first-order chi connectivity index (χ1) is 16.6. The molecule has 5 nitrogen and oxygen atoms in total. The summed E-state index contributed by atoms with van der Waals surface area (Å²) < 4.78 is 5.43. The van der Waals surface area contributed by atoms with Gasteiger partial charge in [-0.15, -0.1) is 6.58 Å². The largest absolute Gasteiger partial charge is 0.497 e. The Labute approximate surface area is 205 Å². The van der Waals surface area contributed by atoms with Crippen molar-refractivity contribution in [3.63, 3.8) is 0 Å². The summed E-state index contributed by atoms with van der Waals surface area (Å²) in [5.74, 6) is 0.978. The lowest BCUT2D eigenvalue weighted by Gasteiger charge is -2.53. The monoisotopic (exact) mass is 461 g/mol. The molecule has 0 aromatic heterocycles. The van der Waals surface area contributed by atoms with E-state index in [1.807, 2.05) is 37.0 Å². The zero-order valence-electron chi connectivity index (χ0n) is 21.0. The average Bonchev–Trinajstić information content (AvgIpc) is 2.86. The van der Waals surface area contributed by atoms with Crippen LogP contribution in [0.5, 0.6) is 5.75 Å². The van der Waals surface area contributed by atoms with Crippen LogP contribution in [0.15, 0.2) is 61.2 Å². The average molecular weight is 462 g/mol. The highest BCUT2D eigenvalue weighted by Crippen LogP contribution is 2.40. The van der Waals surface area contributed by atoms with E-state index < -0.39 is 0 Å². The number of amides is 1. The van der Waals surface area contributed by atoms with Gasteiger partial charge in [0.1, 0.15) is 5.75 Å². The maximum atomic E-state index is 12.9. The van der Waals surface area contributed by atoms with E-state index in [1.165, 1.54) is 30.4 Å².